The van der Waals surface area contributed by atoms with Gasteiger partial charge in [-0.15, -0.1) is 11.3 Å². The molecule has 3 rings (SSSR count). The Morgan fingerprint density at radius 3 is 2.77 bits per heavy atom. The lowest BCUT2D eigenvalue weighted by molar-refractivity contribution is -0.147. The van der Waals surface area contributed by atoms with Crippen molar-refractivity contribution < 1.29 is 9.53 Å². The summed E-state index contributed by atoms with van der Waals surface area (Å²) >= 11 is 1.73. The Hall–Kier alpha value is -1.81. The standard InChI is InChI=1S/C18H21NO2S/c1-4-21-17(20)18(3)10-15-16(19-18)14(11-22-15)9-13-7-5-12(2)6-8-13/h5-8,11,19H,4,9-10H2,1-3H3. The van der Waals surface area contributed by atoms with E-state index >= 15 is 0 Å². The Bertz CT molecular complexity index is 690. The first kappa shape index (κ1) is 15.1. The van der Waals surface area contributed by atoms with Crippen LogP contribution in [0.5, 0.6) is 0 Å². The number of fused-ring (bicyclic) bond motifs is 1. The van der Waals surface area contributed by atoms with Crippen LogP contribution in [-0.2, 0) is 22.4 Å². The maximum atomic E-state index is 12.2. The van der Waals surface area contributed by atoms with Gasteiger partial charge >= 0.3 is 5.97 Å². The Labute approximate surface area is 135 Å². The molecule has 1 aliphatic rings. The van der Waals surface area contributed by atoms with Crippen LogP contribution in [0.1, 0.15) is 35.4 Å². The summed E-state index contributed by atoms with van der Waals surface area (Å²) < 4.78 is 5.20. The van der Waals surface area contributed by atoms with E-state index in [-0.39, 0.29) is 5.97 Å². The Morgan fingerprint density at radius 2 is 2.09 bits per heavy atom. The molecule has 1 aromatic carbocycles. The van der Waals surface area contributed by atoms with Crippen LogP contribution in [0.4, 0.5) is 5.69 Å². The molecule has 0 radical (unpaired) electrons. The second-order valence-electron chi connectivity index (χ2n) is 6.08. The van der Waals surface area contributed by atoms with Gasteiger partial charge in [0.2, 0.25) is 0 Å². The van der Waals surface area contributed by atoms with Crippen LogP contribution in [-0.4, -0.2) is 18.1 Å². The Morgan fingerprint density at radius 1 is 1.36 bits per heavy atom. The molecule has 0 bridgehead atoms. The van der Waals surface area contributed by atoms with Gasteiger partial charge in [-0.1, -0.05) is 29.8 Å². The fraction of sp³-hybridized carbons (Fsp3) is 0.389. The zero-order valence-electron chi connectivity index (χ0n) is 13.2. The summed E-state index contributed by atoms with van der Waals surface area (Å²) in [5.74, 6) is -0.167. The highest BCUT2D eigenvalue weighted by molar-refractivity contribution is 7.10. The predicted octanol–water partition coefficient (Wildman–Crippen LogP) is 3.94. The summed E-state index contributed by atoms with van der Waals surface area (Å²) in [6.45, 7) is 6.28. The quantitative estimate of drug-likeness (QED) is 0.869. The minimum atomic E-state index is -0.625. The van der Waals surface area contributed by atoms with Crippen LogP contribution in [0.2, 0.25) is 0 Å². The van der Waals surface area contributed by atoms with Gasteiger partial charge in [-0.25, -0.2) is 4.79 Å². The van der Waals surface area contributed by atoms with Gasteiger partial charge < -0.3 is 10.1 Å². The van der Waals surface area contributed by atoms with Gasteiger partial charge in [0.05, 0.1) is 12.3 Å². The number of carbonyl (C=O) groups is 1. The van der Waals surface area contributed by atoms with E-state index in [4.69, 9.17) is 4.74 Å². The zero-order chi connectivity index (χ0) is 15.7. The number of benzene rings is 1. The molecule has 1 atom stereocenters. The summed E-state index contributed by atoms with van der Waals surface area (Å²) in [4.78, 5) is 13.4. The van der Waals surface area contributed by atoms with E-state index in [9.17, 15) is 4.79 Å². The SMILES string of the molecule is CCOC(=O)C1(C)Cc2scc(Cc3ccc(C)cc3)c2N1. The topological polar surface area (TPSA) is 38.3 Å². The second kappa shape index (κ2) is 5.76. The van der Waals surface area contributed by atoms with Crippen molar-refractivity contribution in [3.05, 3.63) is 51.2 Å². The molecular weight excluding hydrogens is 294 g/mol. The first-order chi connectivity index (χ1) is 10.5. The molecule has 1 unspecified atom stereocenters. The van der Waals surface area contributed by atoms with Crippen LogP contribution in [0.25, 0.3) is 0 Å². The van der Waals surface area contributed by atoms with E-state index in [1.165, 1.54) is 21.6 Å². The summed E-state index contributed by atoms with van der Waals surface area (Å²) in [6.07, 6.45) is 1.59. The minimum Gasteiger partial charge on any atom is -0.464 e. The van der Waals surface area contributed by atoms with Crippen molar-refractivity contribution in [2.24, 2.45) is 0 Å². The van der Waals surface area contributed by atoms with Crippen molar-refractivity contribution in [2.75, 3.05) is 11.9 Å². The van der Waals surface area contributed by atoms with Gasteiger partial charge in [0, 0.05) is 17.7 Å². The summed E-state index contributed by atoms with van der Waals surface area (Å²) in [5.41, 5.74) is 4.32. The molecule has 4 heteroatoms. The first-order valence-electron chi connectivity index (χ1n) is 7.62. The second-order valence-corrected chi connectivity index (χ2v) is 7.04. The van der Waals surface area contributed by atoms with Crippen LogP contribution in [0, 0.1) is 6.92 Å². The smallest absolute Gasteiger partial charge is 0.331 e. The summed E-state index contributed by atoms with van der Waals surface area (Å²) in [6, 6.07) is 8.61. The lowest BCUT2D eigenvalue weighted by atomic mass is 10.0. The largest absolute Gasteiger partial charge is 0.464 e. The first-order valence-corrected chi connectivity index (χ1v) is 8.50. The number of esters is 1. The molecule has 0 saturated carbocycles. The van der Waals surface area contributed by atoms with E-state index in [0.29, 0.717) is 13.0 Å². The van der Waals surface area contributed by atoms with Gasteiger partial charge in [0.15, 0.2) is 0 Å². The monoisotopic (exact) mass is 315 g/mol. The lowest BCUT2D eigenvalue weighted by Gasteiger charge is -2.23. The molecule has 0 spiro atoms. The van der Waals surface area contributed by atoms with Crippen molar-refractivity contribution in [1.29, 1.82) is 0 Å². The molecule has 0 saturated heterocycles. The molecule has 1 N–H and O–H groups in total. The number of hydrogen-bond acceptors (Lipinski definition) is 4. The molecule has 116 valence electrons. The summed E-state index contributed by atoms with van der Waals surface area (Å²) in [7, 11) is 0. The molecule has 2 aromatic rings. The van der Waals surface area contributed by atoms with Crippen molar-refractivity contribution in [3.63, 3.8) is 0 Å². The van der Waals surface area contributed by atoms with Crippen LogP contribution >= 0.6 is 11.3 Å². The summed E-state index contributed by atoms with van der Waals surface area (Å²) in [5, 5.41) is 5.61. The van der Waals surface area contributed by atoms with Crippen LogP contribution in [0.3, 0.4) is 0 Å². The molecule has 22 heavy (non-hydrogen) atoms. The van der Waals surface area contributed by atoms with E-state index in [1.54, 1.807) is 11.3 Å². The van der Waals surface area contributed by atoms with E-state index in [0.717, 1.165) is 12.1 Å². The van der Waals surface area contributed by atoms with Crippen LogP contribution < -0.4 is 5.32 Å². The number of thiophene rings is 1. The molecule has 2 heterocycles. The number of ether oxygens (including phenoxy) is 1. The van der Waals surface area contributed by atoms with Crippen molar-refractivity contribution in [3.8, 4) is 0 Å². The molecule has 0 amide bonds. The highest BCUT2D eigenvalue weighted by Gasteiger charge is 2.42. The molecular formula is C18H21NO2S. The molecule has 1 aromatic heterocycles. The number of carbonyl (C=O) groups excluding carboxylic acids is 1. The van der Waals surface area contributed by atoms with Gasteiger partial charge in [-0.2, -0.15) is 0 Å². The van der Waals surface area contributed by atoms with Crippen molar-refractivity contribution in [1.82, 2.24) is 0 Å². The zero-order valence-corrected chi connectivity index (χ0v) is 14.0. The lowest BCUT2D eigenvalue weighted by Crippen LogP contribution is -2.43. The Kier molecular flexibility index (Phi) is 3.96. The fourth-order valence-electron chi connectivity index (χ4n) is 2.83. The van der Waals surface area contributed by atoms with Gasteiger partial charge in [0.1, 0.15) is 5.54 Å². The number of hydrogen-bond donors (Lipinski definition) is 1. The molecule has 0 fully saturated rings. The number of nitrogens with one attached hydrogen (secondary N) is 1. The van der Waals surface area contributed by atoms with Gasteiger partial charge in [-0.05, 0) is 37.3 Å². The Balaban J connectivity index is 1.79. The third-order valence-electron chi connectivity index (χ3n) is 4.10. The van der Waals surface area contributed by atoms with Gasteiger partial charge in [-0.3, -0.25) is 0 Å². The molecule has 1 aliphatic heterocycles. The van der Waals surface area contributed by atoms with Crippen molar-refractivity contribution >= 4 is 23.0 Å². The normalized spacial score (nSPS) is 19.6. The maximum Gasteiger partial charge on any atom is 0.331 e. The van der Waals surface area contributed by atoms with Gasteiger partial charge in [0.25, 0.3) is 0 Å². The third kappa shape index (κ3) is 2.75. The highest BCUT2D eigenvalue weighted by Crippen LogP contribution is 2.41. The highest BCUT2D eigenvalue weighted by atomic mass is 32.1. The number of rotatable bonds is 4. The van der Waals surface area contributed by atoms with Crippen LogP contribution in [0.15, 0.2) is 29.6 Å². The van der Waals surface area contributed by atoms with E-state index in [2.05, 4.69) is 41.9 Å². The minimum absolute atomic E-state index is 0.167. The number of anilines is 1. The van der Waals surface area contributed by atoms with E-state index < -0.39 is 5.54 Å². The molecule has 0 aliphatic carbocycles. The maximum absolute atomic E-state index is 12.2. The third-order valence-corrected chi connectivity index (χ3v) is 5.13. The fourth-order valence-corrected chi connectivity index (χ4v) is 3.99. The average molecular weight is 315 g/mol. The molecule has 3 nitrogen and oxygen atoms in total. The van der Waals surface area contributed by atoms with E-state index in [1.807, 2.05) is 13.8 Å². The van der Waals surface area contributed by atoms with Crippen molar-refractivity contribution in [2.45, 2.75) is 39.2 Å². The average Bonchev–Trinajstić information content (AvgIpc) is 3.00. The predicted molar refractivity (Wildman–Crippen MR) is 90.7 cm³/mol. The number of aryl methyl sites for hydroxylation is 1.